The van der Waals surface area contributed by atoms with Crippen LogP contribution in [-0.4, -0.2) is 4.92 Å². The summed E-state index contributed by atoms with van der Waals surface area (Å²) in [5.41, 5.74) is 6.68. The number of rotatable bonds is 5. The fourth-order valence-electron chi connectivity index (χ4n) is 1.55. The van der Waals surface area contributed by atoms with Gasteiger partial charge in [-0.1, -0.05) is 38.0 Å². The second kappa shape index (κ2) is 5.46. The molecule has 1 aromatic carbocycles. The van der Waals surface area contributed by atoms with E-state index in [0.29, 0.717) is 5.56 Å². The van der Waals surface area contributed by atoms with Crippen molar-refractivity contribution in [3.63, 3.8) is 0 Å². The lowest BCUT2D eigenvalue weighted by molar-refractivity contribution is -0.385. The van der Waals surface area contributed by atoms with Crippen LogP contribution in [0.1, 0.15) is 37.8 Å². The van der Waals surface area contributed by atoms with Crippen molar-refractivity contribution in [1.29, 1.82) is 0 Å². The largest absolute Gasteiger partial charge is 0.324 e. The highest BCUT2D eigenvalue weighted by Gasteiger charge is 2.17. The average molecular weight is 208 g/mol. The Morgan fingerprint density at radius 1 is 1.47 bits per heavy atom. The van der Waals surface area contributed by atoms with Gasteiger partial charge in [0.25, 0.3) is 5.69 Å². The fourth-order valence-corrected chi connectivity index (χ4v) is 1.55. The molecule has 4 heteroatoms. The van der Waals surface area contributed by atoms with E-state index >= 15 is 0 Å². The number of nitro groups is 1. The van der Waals surface area contributed by atoms with Gasteiger partial charge in [-0.05, 0) is 6.42 Å². The minimum Gasteiger partial charge on any atom is -0.324 e. The van der Waals surface area contributed by atoms with Gasteiger partial charge in [-0.25, -0.2) is 0 Å². The van der Waals surface area contributed by atoms with Gasteiger partial charge >= 0.3 is 0 Å². The summed E-state index contributed by atoms with van der Waals surface area (Å²) in [4.78, 5) is 10.4. The van der Waals surface area contributed by atoms with E-state index in [2.05, 4.69) is 6.92 Å². The highest BCUT2D eigenvalue weighted by Crippen LogP contribution is 2.26. The Kier molecular flexibility index (Phi) is 4.24. The zero-order valence-corrected chi connectivity index (χ0v) is 8.85. The molecule has 0 saturated heterocycles. The molecule has 0 bridgehead atoms. The second-order valence-corrected chi connectivity index (χ2v) is 3.56. The van der Waals surface area contributed by atoms with Crippen LogP contribution in [0, 0.1) is 10.1 Å². The van der Waals surface area contributed by atoms with E-state index in [1.165, 1.54) is 6.07 Å². The van der Waals surface area contributed by atoms with E-state index in [0.717, 1.165) is 19.3 Å². The van der Waals surface area contributed by atoms with E-state index in [4.69, 9.17) is 5.73 Å². The lowest BCUT2D eigenvalue weighted by Crippen LogP contribution is -2.12. The molecule has 0 aromatic heterocycles. The molecule has 15 heavy (non-hydrogen) atoms. The van der Waals surface area contributed by atoms with Crippen LogP contribution in [0.2, 0.25) is 0 Å². The normalized spacial score (nSPS) is 12.4. The summed E-state index contributed by atoms with van der Waals surface area (Å²) in [6.45, 7) is 2.08. The van der Waals surface area contributed by atoms with E-state index in [1.807, 2.05) is 0 Å². The summed E-state index contributed by atoms with van der Waals surface area (Å²) < 4.78 is 0. The molecule has 0 aliphatic heterocycles. The van der Waals surface area contributed by atoms with Crippen LogP contribution < -0.4 is 5.73 Å². The smallest absolute Gasteiger partial charge is 0.274 e. The number of hydrogen-bond donors (Lipinski definition) is 1. The highest BCUT2D eigenvalue weighted by molar-refractivity contribution is 5.41. The van der Waals surface area contributed by atoms with E-state index in [9.17, 15) is 10.1 Å². The van der Waals surface area contributed by atoms with E-state index in [1.54, 1.807) is 18.2 Å². The van der Waals surface area contributed by atoms with Gasteiger partial charge in [0.15, 0.2) is 0 Å². The molecule has 82 valence electrons. The van der Waals surface area contributed by atoms with Crippen molar-refractivity contribution in [2.75, 3.05) is 0 Å². The van der Waals surface area contributed by atoms with Crippen molar-refractivity contribution in [1.82, 2.24) is 0 Å². The van der Waals surface area contributed by atoms with Gasteiger partial charge in [-0.3, -0.25) is 10.1 Å². The Balaban J connectivity index is 2.87. The summed E-state index contributed by atoms with van der Waals surface area (Å²) in [7, 11) is 0. The van der Waals surface area contributed by atoms with Gasteiger partial charge in [0.2, 0.25) is 0 Å². The van der Waals surface area contributed by atoms with Crippen molar-refractivity contribution in [2.45, 2.75) is 32.2 Å². The Labute approximate surface area is 89.2 Å². The number of nitrogens with two attached hydrogens (primary N) is 1. The zero-order valence-electron chi connectivity index (χ0n) is 8.85. The van der Waals surface area contributed by atoms with Crippen molar-refractivity contribution in [2.24, 2.45) is 5.73 Å². The first-order valence-corrected chi connectivity index (χ1v) is 5.15. The third-order valence-electron chi connectivity index (χ3n) is 2.40. The Morgan fingerprint density at radius 2 is 2.13 bits per heavy atom. The van der Waals surface area contributed by atoms with Crippen molar-refractivity contribution < 1.29 is 4.92 Å². The molecule has 1 atom stereocenters. The van der Waals surface area contributed by atoms with Crippen LogP contribution in [0.3, 0.4) is 0 Å². The molecule has 1 rings (SSSR count). The Morgan fingerprint density at radius 3 is 2.73 bits per heavy atom. The molecule has 2 N–H and O–H groups in total. The summed E-state index contributed by atoms with van der Waals surface area (Å²) in [5, 5.41) is 10.8. The molecule has 0 spiro atoms. The van der Waals surface area contributed by atoms with Crippen LogP contribution in [0.15, 0.2) is 24.3 Å². The van der Waals surface area contributed by atoms with E-state index < -0.39 is 0 Å². The van der Waals surface area contributed by atoms with Gasteiger partial charge in [0, 0.05) is 17.7 Å². The second-order valence-electron chi connectivity index (χ2n) is 3.56. The standard InChI is InChI=1S/C11H16N2O2/c1-2-3-7-10(12)9-6-4-5-8-11(9)13(14)15/h4-6,8,10H,2-3,7,12H2,1H3/t10-/m1/s1. The number of nitrogens with zero attached hydrogens (tertiary/aromatic N) is 1. The SMILES string of the molecule is CCCC[C@@H](N)c1ccccc1[N+](=O)[O-]. The number of para-hydroxylation sites is 1. The zero-order chi connectivity index (χ0) is 11.3. The van der Waals surface area contributed by atoms with Gasteiger partial charge < -0.3 is 5.73 Å². The van der Waals surface area contributed by atoms with Gasteiger partial charge in [-0.15, -0.1) is 0 Å². The molecule has 0 aliphatic carbocycles. The first-order chi connectivity index (χ1) is 7.16. The monoisotopic (exact) mass is 208 g/mol. The van der Waals surface area contributed by atoms with Crippen LogP contribution in [-0.2, 0) is 0 Å². The Bertz CT molecular complexity index is 339. The van der Waals surface area contributed by atoms with Crippen molar-refractivity contribution in [3.05, 3.63) is 39.9 Å². The average Bonchev–Trinajstić information content (AvgIpc) is 2.25. The van der Waals surface area contributed by atoms with Crippen molar-refractivity contribution >= 4 is 5.69 Å². The minimum absolute atomic E-state index is 0.126. The molecule has 0 heterocycles. The Hall–Kier alpha value is -1.42. The molecule has 0 radical (unpaired) electrons. The first-order valence-electron chi connectivity index (χ1n) is 5.15. The third kappa shape index (κ3) is 3.02. The van der Waals surface area contributed by atoms with Crippen LogP contribution in [0.25, 0.3) is 0 Å². The molecule has 0 unspecified atom stereocenters. The highest BCUT2D eigenvalue weighted by atomic mass is 16.6. The third-order valence-corrected chi connectivity index (χ3v) is 2.40. The van der Waals surface area contributed by atoms with Crippen LogP contribution in [0.4, 0.5) is 5.69 Å². The fraction of sp³-hybridized carbons (Fsp3) is 0.455. The number of nitro benzene ring substituents is 1. The topological polar surface area (TPSA) is 69.2 Å². The first kappa shape index (κ1) is 11.7. The summed E-state index contributed by atoms with van der Waals surface area (Å²) in [5.74, 6) is 0. The van der Waals surface area contributed by atoms with Crippen molar-refractivity contribution in [3.8, 4) is 0 Å². The molecule has 0 aliphatic rings. The molecule has 0 amide bonds. The predicted octanol–water partition coefficient (Wildman–Crippen LogP) is 2.78. The molecule has 4 nitrogen and oxygen atoms in total. The van der Waals surface area contributed by atoms with Crippen LogP contribution in [0.5, 0.6) is 0 Å². The molecule has 0 fully saturated rings. The lowest BCUT2D eigenvalue weighted by atomic mass is 10.0. The maximum Gasteiger partial charge on any atom is 0.274 e. The van der Waals surface area contributed by atoms with Gasteiger partial charge in [0.05, 0.1) is 4.92 Å². The number of unbranched alkanes of at least 4 members (excludes halogenated alkanes) is 1. The summed E-state index contributed by atoms with van der Waals surface area (Å²) in [6, 6.07) is 6.45. The lowest BCUT2D eigenvalue weighted by Gasteiger charge is -2.11. The molecule has 0 saturated carbocycles. The maximum absolute atomic E-state index is 10.8. The molecule has 1 aromatic rings. The number of hydrogen-bond acceptors (Lipinski definition) is 3. The predicted molar refractivity (Wildman–Crippen MR) is 59.5 cm³/mol. The molecular weight excluding hydrogens is 192 g/mol. The van der Waals surface area contributed by atoms with Gasteiger partial charge in [0.1, 0.15) is 0 Å². The van der Waals surface area contributed by atoms with E-state index in [-0.39, 0.29) is 16.7 Å². The molecular formula is C11H16N2O2. The van der Waals surface area contributed by atoms with Gasteiger partial charge in [-0.2, -0.15) is 0 Å². The minimum atomic E-state index is -0.374. The summed E-state index contributed by atoms with van der Waals surface area (Å²) >= 11 is 0. The van der Waals surface area contributed by atoms with Crippen LogP contribution >= 0.6 is 0 Å². The quantitative estimate of drug-likeness (QED) is 0.597. The maximum atomic E-state index is 10.8. The summed E-state index contributed by atoms with van der Waals surface area (Å²) in [6.07, 6.45) is 2.84. The number of benzene rings is 1.